The molecule has 0 spiro atoms. The molecule has 36 nitrogen and oxygen atoms in total. The summed E-state index contributed by atoms with van der Waals surface area (Å²) in [5.74, 6) is -1.02. The second-order valence-corrected chi connectivity index (χ2v) is 37.7. The molecule has 0 atom stereocenters. The first-order valence-electron chi connectivity index (χ1n) is 41.3. The van der Waals surface area contributed by atoms with Crippen molar-refractivity contribution >= 4 is 112 Å². The van der Waals surface area contributed by atoms with Crippen LogP contribution < -0.4 is 76.2 Å². The van der Waals surface area contributed by atoms with E-state index in [1.807, 2.05) is 88.2 Å². The van der Waals surface area contributed by atoms with Gasteiger partial charge in [-0.2, -0.15) is 0 Å². The van der Waals surface area contributed by atoms with E-state index in [4.69, 9.17) is 45.4 Å². The molecule has 3 heterocycles. The van der Waals surface area contributed by atoms with Crippen molar-refractivity contribution in [2.75, 3.05) is 124 Å². The lowest BCUT2D eigenvalue weighted by molar-refractivity contribution is -0.115. The molecule has 702 valence electrons. The van der Waals surface area contributed by atoms with Gasteiger partial charge in [0.1, 0.15) is 46.1 Å². The van der Waals surface area contributed by atoms with Gasteiger partial charge in [0.15, 0.2) is 17.3 Å². The van der Waals surface area contributed by atoms with Crippen molar-refractivity contribution in [3.63, 3.8) is 0 Å². The Kier molecular flexibility index (Phi) is 29.9. The average Bonchev–Trinajstić information content (AvgIpc) is 1.58. The fourth-order valence-electron chi connectivity index (χ4n) is 14.4. The molecule has 0 fully saturated rings. The third-order valence-electron chi connectivity index (χ3n) is 20.6. The number of carbonyl (C=O) groups excluding carboxylic acids is 4. The maximum absolute atomic E-state index is 14.7. The Morgan fingerprint density at radius 1 is 0.474 bits per heavy atom. The van der Waals surface area contributed by atoms with Crippen molar-refractivity contribution in [2.45, 2.75) is 32.6 Å². The molecule has 3 aromatic heterocycles. The molecule has 135 heavy (non-hydrogen) atoms. The van der Waals surface area contributed by atoms with Crippen molar-refractivity contribution < 1.29 is 93.1 Å². The Morgan fingerprint density at radius 3 is 1.36 bits per heavy atom. The zero-order valence-corrected chi connectivity index (χ0v) is 78.9. The minimum Gasteiger partial charge on any atom is -0.506 e. The van der Waals surface area contributed by atoms with E-state index in [1.165, 1.54) is 94.7 Å². The molecule has 0 bridgehead atoms. The van der Waals surface area contributed by atoms with E-state index in [0.29, 0.717) is 115 Å². The first-order valence-corrected chi connectivity index (χ1v) is 48.1. The molecule has 16 N–H and O–H groups in total. The molecule has 0 saturated carbocycles. The molecule has 11 aromatic carbocycles. The highest BCUT2D eigenvalue weighted by Gasteiger charge is 2.34. The maximum atomic E-state index is 14.7. The number of sulfonamides is 2. The van der Waals surface area contributed by atoms with Gasteiger partial charge in [0.2, 0.25) is 31.9 Å². The number of phenols is 3. The van der Waals surface area contributed by atoms with E-state index < -0.39 is 78.5 Å². The minimum absolute atomic E-state index is 0.00651. The molecular weight excluding hydrogens is 1810 g/mol. The largest absolute Gasteiger partial charge is 0.506 e. The first-order chi connectivity index (χ1) is 64.0. The topological polar surface area (TPSA) is 521 Å². The van der Waals surface area contributed by atoms with Crippen LogP contribution in [0.2, 0.25) is 0 Å². The number of phenolic OH excluding ortho intramolecular Hbond substituents is 3. The predicted molar refractivity (Wildman–Crippen MR) is 524 cm³/mol. The summed E-state index contributed by atoms with van der Waals surface area (Å²) in [6, 6.07) is 61.5. The van der Waals surface area contributed by atoms with Crippen LogP contribution in [-0.4, -0.2) is 185 Å². The summed E-state index contributed by atoms with van der Waals surface area (Å²) in [6.45, 7) is 7.20. The van der Waals surface area contributed by atoms with Gasteiger partial charge in [-0.05, 0) is 178 Å². The summed E-state index contributed by atoms with van der Waals surface area (Å²) in [5, 5.41) is 42.4. The second kappa shape index (κ2) is 41.0. The normalized spacial score (nSPS) is 11.3. The van der Waals surface area contributed by atoms with E-state index in [-0.39, 0.29) is 83.9 Å². The van der Waals surface area contributed by atoms with Gasteiger partial charge in [-0.15, -0.1) is 0 Å². The first kappa shape index (κ1) is 98.4. The Bertz CT molecular complexity index is 7050. The van der Waals surface area contributed by atoms with E-state index in [1.54, 1.807) is 140 Å². The summed E-state index contributed by atoms with van der Waals surface area (Å²) in [5.41, 5.74) is 21.3. The van der Waals surface area contributed by atoms with Gasteiger partial charge in [0, 0.05) is 147 Å². The zero-order valence-electron chi connectivity index (χ0n) is 75.6. The minimum atomic E-state index is -4.66. The van der Waals surface area contributed by atoms with Crippen molar-refractivity contribution in [1.82, 2.24) is 39.1 Å². The molecule has 4 amide bonds. The van der Waals surface area contributed by atoms with Crippen LogP contribution in [0.5, 0.6) is 40.2 Å². The number of hydrogen-bond donors (Lipinski definition) is 14. The van der Waals surface area contributed by atoms with Gasteiger partial charge < -0.3 is 91.6 Å². The summed E-state index contributed by atoms with van der Waals surface area (Å²) >= 11 is 0. The summed E-state index contributed by atoms with van der Waals surface area (Å²) in [4.78, 5) is 91.8. The van der Waals surface area contributed by atoms with Gasteiger partial charge in [-0.1, -0.05) is 48.5 Å². The average molecular weight is 1910 g/mol. The highest BCUT2D eigenvalue weighted by atomic mass is 32.2. The number of hydrogen-bond acceptors (Lipinski definition) is 25. The third kappa shape index (κ3) is 22.6. The number of carbonyl (C=O) groups is 4. The molecule has 14 rings (SSSR count). The van der Waals surface area contributed by atoms with Crippen molar-refractivity contribution in [3.05, 3.63) is 236 Å². The lowest BCUT2D eigenvalue weighted by Gasteiger charge is -2.17. The van der Waals surface area contributed by atoms with E-state index in [9.17, 15) is 74.1 Å². The molecule has 0 radical (unpaired) electrons. The number of amides is 4. The van der Waals surface area contributed by atoms with Crippen molar-refractivity contribution in [1.29, 1.82) is 0 Å². The van der Waals surface area contributed by atoms with E-state index >= 15 is 0 Å². The maximum Gasteiger partial charge on any atom is 0.356 e. The number of H-pyrrole nitrogens is 1. The fraction of sp³-hybridized carbons (Fsp3) is 0.168. The number of nitrogens with one attached hydrogen (secondary N) is 7. The van der Waals surface area contributed by atoms with E-state index in [0.717, 1.165) is 27.9 Å². The van der Waals surface area contributed by atoms with Crippen LogP contribution in [0, 0.1) is 0 Å². The number of aromatic nitrogens is 6. The fourth-order valence-corrected chi connectivity index (χ4v) is 17.6. The summed E-state index contributed by atoms with van der Waals surface area (Å²) < 4.78 is 120. The molecule has 0 aliphatic rings. The molecule has 0 aliphatic heterocycles. The number of benzene rings is 11. The number of rotatable bonds is 29. The number of methoxy groups -OCH3 is 2. The number of anilines is 8. The van der Waals surface area contributed by atoms with Crippen LogP contribution in [0.3, 0.4) is 0 Å². The standard InChI is InChI=1S/C35H34N4O7S.C31H29N6O6P.C29H36N6O7S2/c1-5-45-27-16-12-24(13-17-27)32-33(25-14-18-28(19-15-25)46-6-2)39(47(43,44)29-10-8-7-9-11-29)35(38-32)26-20-30(36-22(3)40)34(42)31(21-26)37-23(4)41;1-34-30(39)24-14-19(15-25(28(24)38)31(40)35-2)29-36-26(17-6-10-20(32)11-7-17)27(18-8-12-21(33)13-9-18)37(29)22-4-3-5-23(16-22)44(41,42)43;1-34(2)18-9-11-20(24(15-18)41-5)26-27(21-12-10-19(35(3)4)16-25(21)42-6)31-29(30-26)17-13-22(32-43(7,37)38)28(36)23(14-17)33-44(8,39)40/h7-21,42H,5-6H2,1-4H3,(H,36,40)(H,37,41);3-16,38H,32-33H2,1-2H3,(H,34,39)(H,35,40)(H2,41,42,43);9-16,32-33,36H,1-8H3,(H,30,31). The van der Waals surface area contributed by atoms with Crippen molar-refractivity contribution in [2.24, 2.45) is 0 Å². The predicted octanol–water partition coefficient (Wildman–Crippen LogP) is 13.8. The molecule has 0 aliphatic carbocycles. The summed E-state index contributed by atoms with van der Waals surface area (Å²) in [7, 11) is -3.13. The van der Waals surface area contributed by atoms with Crippen LogP contribution in [0.4, 0.5) is 45.5 Å². The number of nitrogens with two attached hydrogens (primary N) is 2. The van der Waals surface area contributed by atoms with Crippen LogP contribution in [-0.2, 0) is 44.2 Å². The number of aromatic amines is 1. The van der Waals surface area contributed by atoms with Gasteiger partial charge >= 0.3 is 7.60 Å². The van der Waals surface area contributed by atoms with Crippen LogP contribution in [0.25, 0.3) is 107 Å². The monoisotopic (exact) mass is 1910 g/mol. The highest BCUT2D eigenvalue weighted by Crippen LogP contribution is 2.49. The van der Waals surface area contributed by atoms with Gasteiger partial charge in [-0.25, -0.2) is 44.2 Å². The highest BCUT2D eigenvalue weighted by molar-refractivity contribution is 7.92. The quantitative estimate of drug-likeness (QED) is 0.0118. The van der Waals surface area contributed by atoms with Crippen LogP contribution in [0.1, 0.15) is 48.4 Å². The number of ether oxygens (including phenoxy) is 4. The van der Waals surface area contributed by atoms with Gasteiger partial charge in [-0.3, -0.25) is 37.8 Å². The Morgan fingerprint density at radius 2 is 0.904 bits per heavy atom. The molecular formula is C95H99N16O20PS3. The molecule has 40 heteroatoms. The zero-order chi connectivity index (χ0) is 98.0. The SMILES string of the molecule is CCOc1ccc(-c2nc(-c3cc(NC(C)=O)c(O)c(NC(C)=O)c3)n(S(=O)(=O)c3ccccc3)c2-c2ccc(OCC)cc2)cc1.CNC(=O)c1cc(-c2nc(-c3ccc(N)cc3)c(-c3ccc(N)cc3)n2-c2cccc(P(=O)(O)O)c2)cc(C(=O)NC)c1O.COc1cc(N(C)C)ccc1-c1nc(-c2cc(NS(C)(=O)=O)c(O)c(NS(C)(=O)=O)c2)[nH]c1-c1ccc(N(C)C)cc1OC. The molecule has 14 aromatic rings. The Labute approximate surface area is 779 Å². The Balaban J connectivity index is 0.000000182. The molecule has 0 saturated heterocycles. The second-order valence-electron chi connectivity index (χ2n) is 30.8. The lowest BCUT2D eigenvalue weighted by Crippen LogP contribution is -2.22. The lowest BCUT2D eigenvalue weighted by atomic mass is 10.0. The van der Waals surface area contributed by atoms with Gasteiger partial charge in [0.05, 0.1) is 112 Å². The molecule has 0 unspecified atom stereocenters. The summed E-state index contributed by atoms with van der Waals surface area (Å²) in [6.07, 6.45) is 1.83. The van der Waals surface area contributed by atoms with Gasteiger partial charge in [0.25, 0.3) is 21.8 Å². The number of aromatic hydroxyl groups is 3. The van der Waals surface area contributed by atoms with Crippen LogP contribution in [0.15, 0.2) is 229 Å². The number of nitrogens with zero attached hydrogens (tertiary/aromatic N) is 7. The third-order valence-corrected chi connectivity index (χ3v) is 24.4. The smallest absolute Gasteiger partial charge is 0.356 e. The Hall–Kier alpha value is -15.7. The number of imidazole rings is 3. The van der Waals surface area contributed by atoms with E-state index in [2.05, 4.69) is 35.7 Å². The van der Waals surface area contributed by atoms with Crippen LogP contribution >= 0.6 is 7.60 Å². The van der Waals surface area contributed by atoms with Crippen molar-refractivity contribution in [3.8, 4) is 148 Å². The number of nitrogen functional groups attached to an aromatic ring is 2.